The largest absolute Gasteiger partial charge is 0.477 e. The molecule has 0 spiro atoms. The highest BCUT2D eigenvalue weighted by Gasteiger charge is 2.58. The molecule has 4 aliphatic heterocycles. The number of hydrogen-bond acceptors (Lipinski definition) is 23. The smallest absolute Gasteiger partial charge is 0.364 e. The van der Waals surface area contributed by atoms with Gasteiger partial charge in [-0.1, -0.05) is 0 Å². The number of amides is 2. The van der Waals surface area contributed by atoms with Gasteiger partial charge in [-0.3, -0.25) is 9.59 Å². The van der Waals surface area contributed by atoms with Crippen LogP contribution >= 0.6 is 0 Å². The first-order valence-electron chi connectivity index (χ1n) is 17.7. The van der Waals surface area contributed by atoms with Gasteiger partial charge in [0.25, 0.3) is 5.79 Å². The van der Waals surface area contributed by atoms with E-state index in [2.05, 4.69) is 10.6 Å². The van der Waals surface area contributed by atoms with Crippen LogP contribution in [0.15, 0.2) is 0 Å². The summed E-state index contributed by atoms with van der Waals surface area (Å²) in [5, 5.41) is 151. The number of carbonyl (C=O) groups is 3. The van der Waals surface area contributed by atoms with Gasteiger partial charge in [-0.15, -0.1) is 0 Å². The Hall–Kier alpha value is -2.39. The average molecular weight is 837 g/mol. The predicted octanol–water partition coefficient (Wildman–Crippen LogP) is -10.3. The van der Waals surface area contributed by atoms with Crippen molar-refractivity contribution in [3.05, 3.63) is 0 Å². The van der Waals surface area contributed by atoms with Crippen molar-refractivity contribution in [2.45, 2.75) is 149 Å². The predicted molar refractivity (Wildman–Crippen MR) is 174 cm³/mol. The van der Waals surface area contributed by atoms with E-state index in [1.807, 2.05) is 0 Å². The lowest BCUT2D eigenvalue weighted by atomic mass is 9.88. The van der Waals surface area contributed by atoms with Crippen LogP contribution in [-0.2, 0) is 47.5 Å². The Kier molecular flexibility index (Phi) is 16.4. The third-order valence-corrected chi connectivity index (χ3v) is 9.95. The highest BCUT2D eigenvalue weighted by Crippen LogP contribution is 2.36. The fraction of sp³-hybridized carbons (Fsp3) is 0.903. The van der Waals surface area contributed by atoms with Crippen LogP contribution in [0.2, 0.25) is 0 Å². The molecule has 0 saturated carbocycles. The maximum atomic E-state index is 12.6. The highest BCUT2D eigenvalue weighted by molar-refractivity contribution is 5.76. The van der Waals surface area contributed by atoms with Crippen molar-refractivity contribution in [2.75, 3.05) is 26.4 Å². The second-order valence-corrected chi connectivity index (χ2v) is 14.1. The number of rotatable bonds is 15. The summed E-state index contributed by atoms with van der Waals surface area (Å²) < 4.78 is 39.7. The van der Waals surface area contributed by atoms with Crippen molar-refractivity contribution in [2.24, 2.45) is 0 Å². The molecule has 4 aliphatic rings. The quantitative estimate of drug-likeness (QED) is 0.0728. The van der Waals surface area contributed by atoms with Gasteiger partial charge in [0.15, 0.2) is 18.9 Å². The summed E-state index contributed by atoms with van der Waals surface area (Å²) in [6.45, 7) is -2.10. The summed E-state index contributed by atoms with van der Waals surface area (Å²) in [6.07, 6.45) is -36.0. The SMILES string of the molecule is CC(=O)N[C@H]1[C@H](O[C@@H]([C@@H]2O[C@](O)(C(=O)O)C[C@H](O)[C@H]2NC(C)=O)[C@H](O)CO)O[C@H](CO)[C@@H](O)[C@@H]1O[C@@H]1O[C@H](CO)[C@@H](O)[C@H](O)[C@H]1O[C@H]1O[C@H](CO)[C@H](O)[C@H](O)[C@H]1O. The van der Waals surface area contributed by atoms with E-state index in [1.165, 1.54) is 0 Å². The van der Waals surface area contributed by atoms with Gasteiger partial charge in [0.2, 0.25) is 11.8 Å². The Bertz CT molecular complexity index is 1350. The van der Waals surface area contributed by atoms with Crippen molar-refractivity contribution in [1.29, 1.82) is 0 Å². The molecule has 0 radical (unpaired) electrons. The van der Waals surface area contributed by atoms with Gasteiger partial charge in [0.1, 0.15) is 91.5 Å². The van der Waals surface area contributed by atoms with Crippen LogP contribution in [0.5, 0.6) is 0 Å². The van der Waals surface area contributed by atoms with Crippen LogP contribution < -0.4 is 10.6 Å². The second-order valence-electron chi connectivity index (χ2n) is 14.1. The van der Waals surface area contributed by atoms with E-state index in [4.69, 9.17) is 33.2 Å². The van der Waals surface area contributed by atoms with Crippen molar-refractivity contribution in [3.63, 3.8) is 0 Å². The molecule has 4 heterocycles. The fourth-order valence-corrected chi connectivity index (χ4v) is 6.98. The van der Waals surface area contributed by atoms with Crippen molar-refractivity contribution < 1.29 is 119 Å². The molecular formula is C31H52N2O24. The minimum atomic E-state index is -3.15. The lowest BCUT2D eigenvalue weighted by molar-refractivity contribution is -0.385. The molecule has 330 valence electrons. The number of carboxylic acid groups (broad SMARTS) is 1. The van der Waals surface area contributed by atoms with E-state index in [9.17, 15) is 85.9 Å². The Morgan fingerprint density at radius 2 is 1.18 bits per heavy atom. The number of carbonyl (C=O) groups excluding carboxylic acids is 2. The van der Waals surface area contributed by atoms with E-state index in [-0.39, 0.29) is 0 Å². The lowest BCUT2D eigenvalue weighted by Gasteiger charge is -2.50. The van der Waals surface area contributed by atoms with Crippen molar-refractivity contribution in [1.82, 2.24) is 10.6 Å². The molecule has 4 rings (SSSR count). The normalized spacial score (nSPS) is 45.1. The maximum Gasteiger partial charge on any atom is 0.364 e. The molecule has 26 heteroatoms. The van der Waals surface area contributed by atoms with Crippen LogP contribution in [-0.4, -0.2) is 244 Å². The third kappa shape index (κ3) is 10.3. The van der Waals surface area contributed by atoms with E-state index < -0.39 is 179 Å². The molecule has 0 aromatic heterocycles. The van der Waals surface area contributed by atoms with Gasteiger partial charge in [0, 0.05) is 20.3 Å². The molecule has 16 N–H and O–H groups in total. The molecule has 26 nitrogen and oxygen atoms in total. The zero-order chi connectivity index (χ0) is 42.7. The third-order valence-electron chi connectivity index (χ3n) is 9.95. The van der Waals surface area contributed by atoms with Gasteiger partial charge in [-0.05, 0) is 0 Å². The van der Waals surface area contributed by atoms with Gasteiger partial charge in [0.05, 0.1) is 38.6 Å². The molecule has 0 aromatic carbocycles. The number of ether oxygens (including phenoxy) is 7. The molecule has 0 unspecified atom stereocenters. The Balaban J connectivity index is 1.75. The Labute approximate surface area is 322 Å². The minimum absolute atomic E-state index is 0.811. The number of aliphatic carboxylic acids is 1. The summed E-state index contributed by atoms with van der Waals surface area (Å²) in [5.74, 6) is -6.86. The number of hydrogen-bond donors (Lipinski definition) is 16. The molecule has 21 atom stereocenters. The molecule has 0 bridgehead atoms. The second kappa shape index (κ2) is 19.8. The van der Waals surface area contributed by atoms with E-state index >= 15 is 0 Å². The monoisotopic (exact) mass is 836 g/mol. The molecule has 57 heavy (non-hydrogen) atoms. The van der Waals surface area contributed by atoms with Gasteiger partial charge in [-0.2, -0.15) is 0 Å². The zero-order valence-corrected chi connectivity index (χ0v) is 30.4. The molecule has 0 aliphatic carbocycles. The topological polar surface area (TPSA) is 423 Å². The molecule has 4 fully saturated rings. The van der Waals surface area contributed by atoms with Crippen molar-refractivity contribution >= 4 is 17.8 Å². The summed E-state index contributed by atoms with van der Waals surface area (Å²) in [6, 6.07) is -3.48. The highest BCUT2D eigenvalue weighted by atomic mass is 16.8. The molecule has 2 amide bonds. The van der Waals surface area contributed by atoms with Crippen LogP contribution in [0.4, 0.5) is 0 Å². The maximum absolute atomic E-state index is 12.6. The first-order chi connectivity index (χ1) is 26.7. The summed E-state index contributed by atoms with van der Waals surface area (Å²) in [7, 11) is 0. The van der Waals surface area contributed by atoms with Crippen LogP contribution in [0.3, 0.4) is 0 Å². The molecular weight excluding hydrogens is 784 g/mol. The van der Waals surface area contributed by atoms with E-state index in [0.717, 1.165) is 13.8 Å². The Morgan fingerprint density at radius 3 is 1.70 bits per heavy atom. The number of aliphatic hydroxyl groups is 13. The van der Waals surface area contributed by atoms with E-state index in [1.54, 1.807) is 0 Å². The summed E-state index contributed by atoms with van der Waals surface area (Å²) in [4.78, 5) is 36.7. The van der Waals surface area contributed by atoms with Crippen LogP contribution in [0, 0.1) is 0 Å². The lowest BCUT2D eigenvalue weighted by Crippen LogP contribution is -2.71. The summed E-state index contributed by atoms with van der Waals surface area (Å²) in [5.41, 5.74) is 0. The molecule has 0 aromatic rings. The molecule has 4 saturated heterocycles. The first kappa shape index (κ1) is 47.3. The zero-order valence-electron chi connectivity index (χ0n) is 30.4. The van der Waals surface area contributed by atoms with Gasteiger partial charge in [-0.25, -0.2) is 4.79 Å². The Morgan fingerprint density at radius 1 is 0.684 bits per heavy atom. The summed E-state index contributed by atoms with van der Waals surface area (Å²) >= 11 is 0. The van der Waals surface area contributed by atoms with Gasteiger partial charge < -0.3 is 115 Å². The standard InChI is InChI=1S/C31H52N2O24/c1-8(38)32-15-10(40)3-31(50,30(48)49)57-25(15)23(11(41)4-34)54-27-16(33-9(2)39)24(19(44)14(7-37)51-27)55-29-26(21(46)18(43)13(6-36)53-29)56-28-22(47)20(45)17(42)12(5-35)52-28/h10-29,34-37,40-47,50H,3-7H2,1-2H3,(H,32,38)(H,33,39)(H,48,49)/t10-,11+,12+,13+,14+,15+,16+,17-,18+,19+,20-,21-,22+,23+,24+,25+,26+,27-,28+,29-,31-/m0/s1. The number of carboxylic acids is 1. The first-order valence-corrected chi connectivity index (χ1v) is 17.7. The number of aliphatic hydroxyl groups excluding tert-OH is 12. The van der Waals surface area contributed by atoms with Crippen LogP contribution in [0.1, 0.15) is 20.3 Å². The van der Waals surface area contributed by atoms with Crippen molar-refractivity contribution in [3.8, 4) is 0 Å². The van der Waals surface area contributed by atoms with Gasteiger partial charge >= 0.3 is 5.97 Å². The van der Waals surface area contributed by atoms with Crippen LogP contribution in [0.25, 0.3) is 0 Å². The number of nitrogens with one attached hydrogen (secondary N) is 2. The fourth-order valence-electron chi connectivity index (χ4n) is 6.98. The van der Waals surface area contributed by atoms with E-state index in [0.29, 0.717) is 0 Å². The average Bonchev–Trinajstić information content (AvgIpc) is 3.15. The minimum Gasteiger partial charge on any atom is -0.477 e.